The summed E-state index contributed by atoms with van der Waals surface area (Å²) < 4.78 is 1.28. The van der Waals surface area contributed by atoms with E-state index in [1.807, 2.05) is 0 Å². The van der Waals surface area contributed by atoms with Crippen molar-refractivity contribution in [1.29, 1.82) is 0 Å². The van der Waals surface area contributed by atoms with Crippen LogP contribution in [0.15, 0.2) is 22.7 Å². The largest absolute Gasteiger partial charge is 0.327 e. The van der Waals surface area contributed by atoms with E-state index >= 15 is 0 Å². The van der Waals surface area contributed by atoms with Gasteiger partial charge in [0.25, 0.3) is 0 Å². The highest BCUT2D eigenvalue weighted by Crippen LogP contribution is 2.51. The fourth-order valence-corrected chi connectivity index (χ4v) is 3.82. The van der Waals surface area contributed by atoms with Gasteiger partial charge in [-0.3, -0.25) is 0 Å². The number of fused-ring (bicyclic) bond motifs is 2. The lowest BCUT2D eigenvalue weighted by Crippen LogP contribution is -2.53. The average molecular weight is 266 g/mol. The molecule has 1 spiro atoms. The second-order valence-corrected chi connectivity index (χ2v) is 5.78. The second-order valence-electron chi connectivity index (χ2n) is 4.92. The van der Waals surface area contributed by atoms with Crippen molar-refractivity contribution < 1.29 is 0 Å². The van der Waals surface area contributed by atoms with Crippen LogP contribution >= 0.6 is 15.9 Å². The average Bonchev–Trinajstić information content (AvgIpc) is 2.15. The molecule has 0 amide bonds. The van der Waals surface area contributed by atoms with Crippen molar-refractivity contribution >= 4 is 15.9 Å². The summed E-state index contributed by atoms with van der Waals surface area (Å²) in [5, 5.41) is 0. The van der Waals surface area contributed by atoms with Crippen LogP contribution in [0.1, 0.15) is 36.8 Å². The summed E-state index contributed by atoms with van der Waals surface area (Å²) in [5.41, 5.74) is 9.70. The predicted molar refractivity (Wildman–Crippen MR) is 66.0 cm³/mol. The molecule has 1 atom stereocenters. The Balaban J connectivity index is 2.16. The van der Waals surface area contributed by atoms with Crippen LogP contribution in [0.2, 0.25) is 0 Å². The van der Waals surface area contributed by atoms with E-state index < -0.39 is 0 Å². The van der Waals surface area contributed by atoms with Gasteiger partial charge in [-0.25, -0.2) is 0 Å². The van der Waals surface area contributed by atoms with Gasteiger partial charge in [0.2, 0.25) is 0 Å². The van der Waals surface area contributed by atoms with Crippen LogP contribution in [0.5, 0.6) is 0 Å². The Labute approximate surface area is 99.2 Å². The van der Waals surface area contributed by atoms with E-state index in [4.69, 9.17) is 5.73 Å². The number of benzene rings is 1. The highest BCUT2D eigenvalue weighted by Gasteiger charge is 2.47. The summed E-state index contributed by atoms with van der Waals surface area (Å²) in [5.74, 6) is 0. The normalized spacial score (nSPS) is 27.2. The number of nitrogens with two attached hydrogens (primary N) is 1. The number of halogens is 1. The van der Waals surface area contributed by atoms with Gasteiger partial charge in [0, 0.05) is 15.9 Å². The van der Waals surface area contributed by atoms with E-state index in [9.17, 15) is 0 Å². The van der Waals surface area contributed by atoms with Crippen molar-refractivity contribution in [3.8, 4) is 0 Å². The van der Waals surface area contributed by atoms with Crippen molar-refractivity contribution in [3.63, 3.8) is 0 Å². The molecule has 0 radical (unpaired) electrons. The second kappa shape index (κ2) is 3.33. The van der Waals surface area contributed by atoms with Gasteiger partial charge in [-0.1, -0.05) is 34.5 Å². The molecule has 2 N–H and O–H groups in total. The number of hydrogen-bond donors (Lipinski definition) is 1. The maximum atomic E-state index is 6.32. The molecule has 0 heterocycles. The van der Waals surface area contributed by atoms with Crippen LogP contribution in [0.3, 0.4) is 0 Å². The first kappa shape index (κ1) is 9.86. The minimum atomic E-state index is 0.331. The Kier molecular flexibility index (Phi) is 2.18. The van der Waals surface area contributed by atoms with Crippen LogP contribution in [-0.4, -0.2) is 6.04 Å². The monoisotopic (exact) mass is 265 g/mol. The molecule has 1 fully saturated rings. The number of rotatable bonds is 0. The van der Waals surface area contributed by atoms with Crippen LogP contribution in [0, 0.1) is 0 Å². The third-order valence-electron chi connectivity index (χ3n) is 4.32. The summed E-state index contributed by atoms with van der Waals surface area (Å²) in [4.78, 5) is 0. The smallest absolute Gasteiger partial charge is 0.0210 e. The van der Waals surface area contributed by atoms with Crippen molar-refractivity contribution in [2.45, 2.75) is 43.6 Å². The van der Waals surface area contributed by atoms with Crippen LogP contribution in [0.25, 0.3) is 0 Å². The summed E-state index contributed by atoms with van der Waals surface area (Å²) in [7, 11) is 0. The molecule has 1 saturated carbocycles. The maximum Gasteiger partial charge on any atom is 0.0210 e. The molecule has 2 aliphatic rings. The minimum absolute atomic E-state index is 0.331. The fraction of sp³-hybridized carbons (Fsp3) is 0.538. The Bertz CT molecular complexity index is 396. The van der Waals surface area contributed by atoms with E-state index in [-0.39, 0.29) is 0 Å². The Morgan fingerprint density at radius 2 is 2.13 bits per heavy atom. The first-order valence-electron chi connectivity index (χ1n) is 5.77. The van der Waals surface area contributed by atoms with Gasteiger partial charge in [0.1, 0.15) is 0 Å². The summed E-state index contributed by atoms with van der Waals surface area (Å²) in [6, 6.07) is 6.98. The van der Waals surface area contributed by atoms with E-state index in [1.165, 1.54) is 34.9 Å². The Morgan fingerprint density at radius 1 is 1.33 bits per heavy atom. The maximum absolute atomic E-state index is 6.32. The SMILES string of the molecule is NC1CCc2c(Br)cccc2C12CCC2. The molecule has 2 aliphatic carbocycles. The third-order valence-corrected chi connectivity index (χ3v) is 5.06. The van der Waals surface area contributed by atoms with E-state index in [2.05, 4.69) is 34.1 Å². The Morgan fingerprint density at radius 3 is 2.80 bits per heavy atom. The molecule has 1 unspecified atom stereocenters. The quantitative estimate of drug-likeness (QED) is 0.767. The molecule has 1 aromatic rings. The first-order valence-corrected chi connectivity index (χ1v) is 6.57. The predicted octanol–water partition coefficient (Wildman–Crippen LogP) is 3.14. The van der Waals surface area contributed by atoms with E-state index in [0.717, 1.165) is 12.8 Å². The first-order chi connectivity index (χ1) is 7.24. The number of hydrogen-bond acceptors (Lipinski definition) is 1. The van der Waals surface area contributed by atoms with Crippen LogP contribution < -0.4 is 5.73 Å². The fourth-order valence-electron chi connectivity index (χ4n) is 3.25. The van der Waals surface area contributed by atoms with E-state index in [1.54, 1.807) is 0 Å². The molecule has 0 aliphatic heterocycles. The molecule has 2 heteroatoms. The molecule has 1 nitrogen and oxygen atoms in total. The lowest BCUT2D eigenvalue weighted by Gasteiger charge is -2.50. The molecule has 0 aromatic heterocycles. The Hall–Kier alpha value is -0.340. The molecular formula is C13H16BrN. The van der Waals surface area contributed by atoms with E-state index in [0.29, 0.717) is 11.5 Å². The molecule has 0 saturated heterocycles. The zero-order valence-corrected chi connectivity index (χ0v) is 10.4. The van der Waals surface area contributed by atoms with Gasteiger partial charge in [0.15, 0.2) is 0 Å². The molecule has 80 valence electrons. The highest BCUT2D eigenvalue weighted by molar-refractivity contribution is 9.10. The highest BCUT2D eigenvalue weighted by atomic mass is 79.9. The van der Waals surface area contributed by atoms with Crippen LogP contribution in [-0.2, 0) is 11.8 Å². The van der Waals surface area contributed by atoms with Gasteiger partial charge in [-0.2, -0.15) is 0 Å². The van der Waals surface area contributed by atoms with Gasteiger partial charge in [0.05, 0.1) is 0 Å². The molecule has 0 bridgehead atoms. The topological polar surface area (TPSA) is 26.0 Å². The van der Waals surface area contributed by atoms with Crippen molar-refractivity contribution in [2.75, 3.05) is 0 Å². The summed E-state index contributed by atoms with van der Waals surface area (Å²) >= 11 is 3.67. The van der Waals surface area contributed by atoms with Gasteiger partial charge in [-0.15, -0.1) is 0 Å². The van der Waals surface area contributed by atoms with Crippen molar-refractivity contribution in [3.05, 3.63) is 33.8 Å². The molecular weight excluding hydrogens is 250 g/mol. The molecule has 1 aromatic carbocycles. The lowest BCUT2D eigenvalue weighted by molar-refractivity contribution is 0.176. The van der Waals surface area contributed by atoms with Gasteiger partial charge >= 0.3 is 0 Å². The van der Waals surface area contributed by atoms with Crippen LogP contribution in [0.4, 0.5) is 0 Å². The van der Waals surface area contributed by atoms with Gasteiger partial charge in [-0.05, 0) is 42.9 Å². The zero-order valence-electron chi connectivity index (χ0n) is 8.80. The molecule has 3 rings (SSSR count). The van der Waals surface area contributed by atoms with Crippen molar-refractivity contribution in [1.82, 2.24) is 0 Å². The minimum Gasteiger partial charge on any atom is -0.327 e. The summed E-state index contributed by atoms with van der Waals surface area (Å²) in [6.07, 6.45) is 6.21. The standard InChI is InChI=1S/C13H16BrN/c14-11-4-1-3-10-9(11)5-6-12(15)13(10)7-2-8-13/h1,3-4,12H,2,5-8,15H2. The lowest BCUT2D eigenvalue weighted by atomic mass is 9.56. The molecule has 15 heavy (non-hydrogen) atoms. The van der Waals surface area contributed by atoms with Crippen molar-refractivity contribution in [2.24, 2.45) is 5.73 Å². The summed E-state index contributed by atoms with van der Waals surface area (Å²) in [6.45, 7) is 0. The zero-order chi connectivity index (χ0) is 10.5. The third kappa shape index (κ3) is 1.24. The van der Waals surface area contributed by atoms with Gasteiger partial charge < -0.3 is 5.73 Å².